The molecular formula is C19H20N4O2. The Kier molecular flexibility index (Phi) is 4.88. The smallest absolute Gasteiger partial charge is 0.327 e. The largest absolute Gasteiger partial charge is 0.465 e. The number of hydrogen-bond donors (Lipinski definition) is 0. The molecule has 6 nitrogen and oxygen atoms in total. The van der Waals surface area contributed by atoms with Gasteiger partial charge in [0.1, 0.15) is 12.4 Å². The van der Waals surface area contributed by atoms with Crippen LogP contribution in [-0.2, 0) is 16.1 Å². The van der Waals surface area contributed by atoms with E-state index in [1.54, 1.807) is 17.8 Å². The maximum absolute atomic E-state index is 11.6. The van der Waals surface area contributed by atoms with Gasteiger partial charge in [0.25, 0.3) is 0 Å². The van der Waals surface area contributed by atoms with Crippen molar-refractivity contribution in [3.05, 3.63) is 54.1 Å². The highest BCUT2D eigenvalue weighted by Gasteiger charge is 2.10. The van der Waals surface area contributed by atoms with Gasteiger partial charge in [0.05, 0.1) is 18.0 Å². The molecule has 0 bridgehead atoms. The fraction of sp³-hybridized carbons (Fsp3) is 0.263. The minimum Gasteiger partial charge on any atom is -0.465 e. The first kappa shape index (κ1) is 16.8. The summed E-state index contributed by atoms with van der Waals surface area (Å²) < 4.78 is 6.53. The van der Waals surface area contributed by atoms with Gasteiger partial charge in [-0.2, -0.15) is 5.10 Å². The van der Waals surface area contributed by atoms with Crippen LogP contribution in [0.15, 0.2) is 42.7 Å². The van der Waals surface area contributed by atoms with E-state index in [1.165, 1.54) is 0 Å². The van der Waals surface area contributed by atoms with Crippen LogP contribution in [0.4, 0.5) is 0 Å². The van der Waals surface area contributed by atoms with E-state index in [2.05, 4.69) is 15.1 Å². The van der Waals surface area contributed by atoms with Crippen molar-refractivity contribution in [3.63, 3.8) is 0 Å². The number of carbonyl (C=O) groups is 1. The van der Waals surface area contributed by atoms with Gasteiger partial charge in [0.2, 0.25) is 0 Å². The fourth-order valence-electron chi connectivity index (χ4n) is 2.59. The van der Waals surface area contributed by atoms with Gasteiger partial charge in [-0.1, -0.05) is 18.2 Å². The molecule has 0 aliphatic heterocycles. The summed E-state index contributed by atoms with van der Waals surface area (Å²) in [5.74, 6) is 0.447. The fourth-order valence-corrected chi connectivity index (χ4v) is 2.59. The van der Waals surface area contributed by atoms with Gasteiger partial charge in [-0.3, -0.25) is 9.48 Å². The van der Waals surface area contributed by atoms with Crippen LogP contribution in [0.5, 0.6) is 0 Å². The van der Waals surface area contributed by atoms with Gasteiger partial charge < -0.3 is 4.74 Å². The second kappa shape index (κ2) is 7.25. The van der Waals surface area contributed by atoms with E-state index in [0.29, 0.717) is 6.61 Å². The van der Waals surface area contributed by atoms with Crippen LogP contribution >= 0.6 is 0 Å². The second-order valence-electron chi connectivity index (χ2n) is 5.73. The zero-order valence-corrected chi connectivity index (χ0v) is 14.6. The van der Waals surface area contributed by atoms with Crippen molar-refractivity contribution >= 4 is 5.97 Å². The van der Waals surface area contributed by atoms with E-state index in [0.717, 1.165) is 33.9 Å². The third-order valence-electron chi connectivity index (χ3n) is 3.76. The molecule has 0 aliphatic rings. The van der Waals surface area contributed by atoms with Crippen molar-refractivity contribution in [2.45, 2.75) is 27.3 Å². The molecule has 25 heavy (non-hydrogen) atoms. The summed E-state index contributed by atoms with van der Waals surface area (Å²) in [5, 5.41) is 4.46. The molecule has 6 heteroatoms. The van der Waals surface area contributed by atoms with Gasteiger partial charge in [-0.25, -0.2) is 9.97 Å². The summed E-state index contributed by atoms with van der Waals surface area (Å²) in [4.78, 5) is 20.3. The molecule has 0 amide bonds. The van der Waals surface area contributed by atoms with Gasteiger partial charge in [-0.15, -0.1) is 0 Å². The van der Waals surface area contributed by atoms with Crippen LogP contribution in [0.3, 0.4) is 0 Å². The molecule has 0 radical (unpaired) electrons. The lowest BCUT2D eigenvalue weighted by atomic mass is 10.0. The highest BCUT2D eigenvalue weighted by atomic mass is 16.5. The molecule has 0 saturated heterocycles. The molecule has 2 heterocycles. The van der Waals surface area contributed by atoms with Gasteiger partial charge >= 0.3 is 5.97 Å². The average molecular weight is 336 g/mol. The molecule has 2 aromatic heterocycles. The third kappa shape index (κ3) is 3.91. The number of aryl methyl sites for hydroxylation is 2. The number of hydrogen-bond acceptors (Lipinski definition) is 5. The van der Waals surface area contributed by atoms with Crippen molar-refractivity contribution in [3.8, 4) is 22.5 Å². The highest BCUT2D eigenvalue weighted by Crippen LogP contribution is 2.26. The minimum atomic E-state index is -0.294. The first-order valence-electron chi connectivity index (χ1n) is 8.17. The van der Waals surface area contributed by atoms with E-state index < -0.39 is 0 Å². The SMILES string of the molecule is CCOC(=O)Cn1ccc(-c2cccc(-c3nc(C)ncc3C)c2)n1. The Labute approximate surface area is 146 Å². The first-order valence-corrected chi connectivity index (χ1v) is 8.17. The topological polar surface area (TPSA) is 69.9 Å². The van der Waals surface area contributed by atoms with Crippen molar-refractivity contribution in [2.24, 2.45) is 0 Å². The van der Waals surface area contributed by atoms with E-state index in [4.69, 9.17) is 4.74 Å². The van der Waals surface area contributed by atoms with Crippen molar-refractivity contribution < 1.29 is 9.53 Å². The number of carbonyl (C=O) groups excluding carboxylic acids is 1. The van der Waals surface area contributed by atoms with E-state index in [-0.39, 0.29) is 12.5 Å². The molecule has 3 rings (SSSR count). The first-order chi connectivity index (χ1) is 12.1. The van der Waals surface area contributed by atoms with Crippen molar-refractivity contribution in [1.82, 2.24) is 19.7 Å². The summed E-state index contributed by atoms with van der Waals surface area (Å²) in [6.45, 7) is 6.14. The van der Waals surface area contributed by atoms with Gasteiger partial charge in [0.15, 0.2) is 0 Å². The van der Waals surface area contributed by atoms with Crippen LogP contribution in [-0.4, -0.2) is 32.3 Å². The van der Waals surface area contributed by atoms with Crippen LogP contribution < -0.4 is 0 Å². The molecule has 0 atom stereocenters. The molecule has 0 unspecified atom stereocenters. The van der Waals surface area contributed by atoms with Gasteiger partial charge in [0, 0.05) is 23.5 Å². The molecule has 0 N–H and O–H groups in total. The molecular weight excluding hydrogens is 316 g/mol. The number of aromatic nitrogens is 4. The van der Waals surface area contributed by atoms with E-state index in [9.17, 15) is 4.79 Å². The van der Waals surface area contributed by atoms with E-state index in [1.807, 2.05) is 50.4 Å². The predicted octanol–water partition coefficient (Wildman–Crippen LogP) is 3.19. The third-order valence-corrected chi connectivity index (χ3v) is 3.76. The monoisotopic (exact) mass is 336 g/mol. The lowest BCUT2D eigenvalue weighted by molar-refractivity contribution is -0.144. The Morgan fingerprint density at radius 3 is 2.80 bits per heavy atom. The number of rotatable bonds is 5. The normalized spacial score (nSPS) is 10.7. The molecule has 0 fully saturated rings. The zero-order chi connectivity index (χ0) is 17.8. The second-order valence-corrected chi connectivity index (χ2v) is 5.73. The van der Waals surface area contributed by atoms with Crippen LogP contribution in [0.1, 0.15) is 18.3 Å². The molecule has 0 spiro atoms. The van der Waals surface area contributed by atoms with Crippen molar-refractivity contribution in [2.75, 3.05) is 6.61 Å². The number of benzene rings is 1. The lowest BCUT2D eigenvalue weighted by Gasteiger charge is -2.07. The van der Waals surface area contributed by atoms with Crippen LogP contribution in [0, 0.1) is 13.8 Å². The van der Waals surface area contributed by atoms with Crippen molar-refractivity contribution in [1.29, 1.82) is 0 Å². The van der Waals surface area contributed by atoms with Crippen LogP contribution in [0.2, 0.25) is 0 Å². The Hall–Kier alpha value is -3.02. The maximum atomic E-state index is 11.6. The molecule has 0 aliphatic carbocycles. The predicted molar refractivity (Wildman–Crippen MR) is 94.8 cm³/mol. The Balaban J connectivity index is 1.88. The molecule has 128 valence electrons. The molecule has 3 aromatic rings. The summed E-state index contributed by atoms with van der Waals surface area (Å²) in [6, 6.07) is 9.92. The number of ether oxygens (including phenoxy) is 1. The molecule has 1 aromatic carbocycles. The summed E-state index contributed by atoms with van der Waals surface area (Å²) >= 11 is 0. The Bertz CT molecular complexity index is 902. The minimum absolute atomic E-state index is 0.109. The van der Waals surface area contributed by atoms with Crippen LogP contribution in [0.25, 0.3) is 22.5 Å². The van der Waals surface area contributed by atoms with Gasteiger partial charge in [-0.05, 0) is 38.5 Å². The molecule has 0 saturated carbocycles. The quantitative estimate of drug-likeness (QED) is 0.669. The summed E-state index contributed by atoms with van der Waals surface area (Å²) in [6.07, 6.45) is 3.61. The van der Waals surface area contributed by atoms with E-state index >= 15 is 0 Å². The standard InChI is InChI=1S/C19H20N4O2/c1-4-25-18(24)12-23-9-8-17(22-23)15-6-5-7-16(10-15)19-13(2)11-20-14(3)21-19/h5-11H,4,12H2,1-3H3. The summed E-state index contributed by atoms with van der Waals surface area (Å²) in [7, 11) is 0. The number of esters is 1. The zero-order valence-electron chi connectivity index (χ0n) is 14.6. The summed E-state index contributed by atoms with van der Waals surface area (Å²) in [5.41, 5.74) is 4.72. The highest BCUT2D eigenvalue weighted by molar-refractivity contribution is 5.71. The average Bonchev–Trinajstić information content (AvgIpc) is 3.06. The maximum Gasteiger partial charge on any atom is 0.327 e. The number of nitrogens with zero attached hydrogens (tertiary/aromatic N) is 4. The lowest BCUT2D eigenvalue weighted by Crippen LogP contribution is -2.13. The Morgan fingerprint density at radius 1 is 1.20 bits per heavy atom. The Morgan fingerprint density at radius 2 is 2.00 bits per heavy atom.